The molecule has 9 heteroatoms. The number of piperidine rings is 1. The molecule has 0 unspecified atom stereocenters. The molecule has 3 heterocycles. The van der Waals surface area contributed by atoms with Crippen molar-refractivity contribution in [3.8, 4) is 0 Å². The van der Waals surface area contributed by atoms with Crippen molar-refractivity contribution in [1.29, 1.82) is 0 Å². The van der Waals surface area contributed by atoms with Crippen LogP contribution in [0.3, 0.4) is 0 Å². The van der Waals surface area contributed by atoms with Gasteiger partial charge in [-0.2, -0.15) is 5.10 Å². The van der Waals surface area contributed by atoms with Crippen LogP contribution in [0.15, 0.2) is 12.4 Å². The van der Waals surface area contributed by atoms with Crippen molar-refractivity contribution in [3.63, 3.8) is 0 Å². The standard InChI is InChI=1S/C19H31BFN3O4/c1-17(2,3)26-16(25)23-9-8-14(21)15(12-23)24-11-13(10-22-24)20-27-18(4,5)19(6,7)28-20/h10-11,14-15H,8-9,12H2,1-7H3/t14-,15+/m1/s1. The average molecular weight is 395 g/mol. The zero-order valence-electron chi connectivity index (χ0n) is 17.9. The molecule has 1 aromatic rings. The molecule has 0 radical (unpaired) electrons. The molecule has 1 amide bonds. The molecular formula is C19H31BFN3O4. The van der Waals surface area contributed by atoms with Crippen molar-refractivity contribution in [3.05, 3.63) is 12.4 Å². The van der Waals surface area contributed by atoms with E-state index in [1.54, 1.807) is 22.0 Å². The van der Waals surface area contributed by atoms with Gasteiger partial charge in [0.25, 0.3) is 0 Å². The van der Waals surface area contributed by atoms with E-state index in [9.17, 15) is 9.18 Å². The van der Waals surface area contributed by atoms with Gasteiger partial charge >= 0.3 is 13.2 Å². The predicted octanol–water partition coefficient (Wildman–Crippen LogP) is 2.70. The van der Waals surface area contributed by atoms with Crippen LogP contribution in [-0.2, 0) is 14.0 Å². The molecule has 156 valence electrons. The highest BCUT2D eigenvalue weighted by molar-refractivity contribution is 6.62. The Labute approximate surface area is 166 Å². The highest BCUT2D eigenvalue weighted by Gasteiger charge is 2.52. The van der Waals surface area contributed by atoms with Crippen molar-refractivity contribution in [2.45, 2.75) is 83.9 Å². The Morgan fingerprint density at radius 1 is 1.29 bits per heavy atom. The third-order valence-corrected chi connectivity index (χ3v) is 5.64. The molecule has 0 aliphatic carbocycles. The monoisotopic (exact) mass is 395 g/mol. The number of carbonyl (C=O) groups excluding carboxylic acids is 1. The topological polar surface area (TPSA) is 65.8 Å². The molecule has 2 fully saturated rings. The molecule has 2 atom stereocenters. The van der Waals surface area contributed by atoms with E-state index in [1.165, 1.54) is 0 Å². The van der Waals surface area contributed by atoms with E-state index in [0.717, 1.165) is 5.46 Å². The van der Waals surface area contributed by atoms with Gasteiger partial charge in [0.2, 0.25) is 0 Å². The largest absolute Gasteiger partial charge is 0.498 e. The first kappa shape index (κ1) is 21.1. The summed E-state index contributed by atoms with van der Waals surface area (Å²) in [7, 11) is -0.553. The zero-order chi connectivity index (χ0) is 20.9. The molecule has 3 rings (SSSR count). The molecule has 0 spiro atoms. The Morgan fingerprint density at radius 2 is 1.89 bits per heavy atom. The van der Waals surface area contributed by atoms with E-state index in [4.69, 9.17) is 14.0 Å². The van der Waals surface area contributed by atoms with Crippen LogP contribution < -0.4 is 5.46 Å². The van der Waals surface area contributed by atoms with Crippen LogP contribution in [0, 0.1) is 0 Å². The van der Waals surface area contributed by atoms with Crippen LogP contribution in [0.4, 0.5) is 9.18 Å². The van der Waals surface area contributed by atoms with Gasteiger partial charge in [0.15, 0.2) is 0 Å². The first-order chi connectivity index (χ1) is 12.8. The second kappa shape index (κ2) is 7.02. The molecule has 0 N–H and O–H groups in total. The minimum Gasteiger partial charge on any atom is -0.444 e. The SMILES string of the molecule is CC(C)(C)OC(=O)N1CC[C@@H](F)[C@@H](n2cc(B3OC(C)(C)C(C)(C)O3)cn2)C1. The van der Waals surface area contributed by atoms with Crippen LogP contribution in [0.2, 0.25) is 0 Å². The molecule has 0 saturated carbocycles. The lowest BCUT2D eigenvalue weighted by Crippen LogP contribution is -2.47. The number of hydrogen-bond acceptors (Lipinski definition) is 5. The fraction of sp³-hybridized carbons (Fsp3) is 0.789. The van der Waals surface area contributed by atoms with Crippen molar-refractivity contribution in [1.82, 2.24) is 14.7 Å². The van der Waals surface area contributed by atoms with Crippen LogP contribution in [-0.4, -0.2) is 64.0 Å². The third-order valence-electron chi connectivity index (χ3n) is 5.64. The van der Waals surface area contributed by atoms with E-state index < -0.39 is 42.2 Å². The molecule has 0 aromatic carbocycles. The van der Waals surface area contributed by atoms with Crippen LogP contribution in [0.5, 0.6) is 0 Å². The predicted molar refractivity (Wildman–Crippen MR) is 104 cm³/mol. The molecule has 1 aromatic heterocycles. The maximum Gasteiger partial charge on any atom is 0.498 e. The Kier molecular flexibility index (Phi) is 5.29. The fourth-order valence-electron chi connectivity index (χ4n) is 3.28. The van der Waals surface area contributed by atoms with Gasteiger partial charge in [-0.15, -0.1) is 0 Å². The summed E-state index contributed by atoms with van der Waals surface area (Å²) in [6, 6.07) is -0.572. The van der Waals surface area contributed by atoms with E-state index in [-0.39, 0.29) is 13.0 Å². The highest BCUT2D eigenvalue weighted by Crippen LogP contribution is 2.36. The number of ether oxygens (including phenoxy) is 1. The summed E-state index contributed by atoms with van der Waals surface area (Å²) in [6.07, 6.45) is 2.11. The summed E-state index contributed by atoms with van der Waals surface area (Å²) in [4.78, 5) is 13.9. The van der Waals surface area contributed by atoms with E-state index in [0.29, 0.717) is 6.54 Å². The maximum atomic E-state index is 14.6. The van der Waals surface area contributed by atoms with Gasteiger partial charge in [-0.05, 0) is 54.9 Å². The molecule has 7 nitrogen and oxygen atoms in total. The molecule has 28 heavy (non-hydrogen) atoms. The van der Waals surface area contributed by atoms with Crippen LogP contribution in [0.25, 0.3) is 0 Å². The number of alkyl halides is 1. The Balaban J connectivity index is 1.72. The summed E-state index contributed by atoms with van der Waals surface area (Å²) in [5.74, 6) is 0. The van der Waals surface area contributed by atoms with E-state index >= 15 is 0 Å². The van der Waals surface area contributed by atoms with Gasteiger partial charge in [0.1, 0.15) is 17.8 Å². The molecule has 2 aliphatic rings. The summed E-state index contributed by atoms with van der Waals surface area (Å²) < 4.78 is 33.7. The summed E-state index contributed by atoms with van der Waals surface area (Å²) in [6.45, 7) is 13.9. The number of amides is 1. The Hall–Kier alpha value is -1.61. The first-order valence-electron chi connectivity index (χ1n) is 9.81. The van der Waals surface area contributed by atoms with E-state index in [1.807, 2.05) is 48.5 Å². The number of carbonyl (C=O) groups is 1. The third kappa shape index (κ3) is 4.20. The molecule has 2 aliphatic heterocycles. The smallest absolute Gasteiger partial charge is 0.444 e. The van der Waals surface area contributed by atoms with Gasteiger partial charge < -0.3 is 18.9 Å². The first-order valence-corrected chi connectivity index (χ1v) is 9.81. The number of likely N-dealkylation sites (tertiary alicyclic amines) is 1. The number of nitrogens with zero attached hydrogens (tertiary/aromatic N) is 3. The lowest BCUT2D eigenvalue weighted by atomic mass is 9.82. The van der Waals surface area contributed by atoms with Crippen LogP contribution >= 0.6 is 0 Å². The van der Waals surface area contributed by atoms with Crippen molar-refractivity contribution in [2.24, 2.45) is 0 Å². The van der Waals surface area contributed by atoms with Gasteiger partial charge in [0.05, 0.1) is 11.2 Å². The number of halogens is 1. The number of rotatable bonds is 2. The fourth-order valence-corrected chi connectivity index (χ4v) is 3.28. The lowest BCUT2D eigenvalue weighted by Gasteiger charge is -2.36. The summed E-state index contributed by atoms with van der Waals surface area (Å²) >= 11 is 0. The van der Waals surface area contributed by atoms with Crippen molar-refractivity contribution >= 4 is 18.7 Å². The van der Waals surface area contributed by atoms with Gasteiger partial charge in [-0.3, -0.25) is 4.68 Å². The Bertz CT molecular complexity index is 715. The molecular weight excluding hydrogens is 364 g/mol. The van der Waals surface area contributed by atoms with Gasteiger partial charge in [0, 0.05) is 30.9 Å². The van der Waals surface area contributed by atoms with E-state index in [2.05, 4.69) is 5.10 Å². The maximum absolute atomic E-state index is 14.6. The Morgan fingerprint density at radius 3 is 2.46 bits per heavy atom. The lowest BCUT2D eigenvalue weighted by molar-refractivity contribution is 0.00578. The minimum absolute atomic E-state index is 0.209. The zero-order valence-corrected chi connectivity index (χ0v) is 17.9. The average Bonchev–Trinajstić information content (AvgIpc) is 3.09. The summed E-state index contributed by atoms with van der Waals surface area (Å²) in [5.41, 5.74) is -0.767. The second-order valence-corrected chi connectivity index (χ2v) is 9.64. The van der Waals surface area contributed by atoms with Crippen LogP contribution in [0.1, 0.15) is 60.9 Å². The molecule has 0 bridgehead atoms. The van der Waals surface area contributed by atoms with Gasteiger partial charge in [-0.25, -0.2) is 9.18 Å². The number of aromatic nitrogens is 2. The normalized spacial score (nSPS) is 27.1. The summed E-state index contributed by atoms with van der Waals surface area (Å²) in [5, 5.41) is 4.34. The van der Waals surface area contributed by atoms with Crippen molar-refractivity contribution in [2.75, 3.05) is 13.1 Å². The molecule has 2 saturated heterocycles. The number of hydrogen-bond donors (Lipinski definition) is 0. The van der Waals surface area contributed by atoms with Gasteiger partial charge in [-0.1, -0.05) is 0 Å². The minimum atomic E-state index is -1.09. The van der Waals surface area contributed by atoms with Crippen molar-refractivity contribution < 1.29 is 23.2 Å². The second-order valence-electron chi connectivity index (χ2n) is 9.64. The quantitative estimate of drug-likeness (QED) is 0.721. The highest BCUT2D eigenvalue weighted by atomic mass is 19.1.